The van der Waals surface area contributed by atoms with E-state index >= 15 is 0 Å². The summed E-state index contributed by atoms with van der Waals surface area (Å²) in [6.45, 7) is 4.60. The second-order valence-corrected chi connectivity index (χ2v) is 6.02. The van der Waals surface area contributed by atoms with Gasteiger partial charge >= 0.3 is 0 Å². The maximum atomic E-state index is 12.3. The Bertz CT molecular complexity index is 820. The Morgan fingerprint density at radius 1 is 1.00 bits per heavy atom. The predicted octanol–water partition coefficient (Wildman–Crippen LogP) is 3.73. The van der Waals surface area contributed by atoms with Gasteiger partial charge in [-0.3, -0.25) is 4.79 Å². The van der Waals surface area contributed by atoms with E-state index in [4.69, 9.17) is 0 Å². The molecule has 4 heteroatoms. The molecule has 0 aliphatic heterocycles. The molecule has 0 bridgehead atoms. The maximum Gasteiger partial charge on any atom is 0.229 e. The minimum absolute atomic E-state index is 0.0342. The Morgan fingerprint density at radius 2 is 1.71 bits per heavy atom. The third-order valence-corrected chi connectivity index (χ3v) is 3.83. The number of carbonyl (C=O) groups excluding carboxylic acids is 1. The Hall–Kier alpha value is -2.88. The van der Waals surface area contributed by atoms with Gasteiger partial charge in [0.05, 0.1) is 18.7 Å². The van der Waals surface area contributed by atoms with Crippen molar-refractivity contribution in [1.82, 2.24) is 9.78 Å². The van der Waals surface area contributed by atoms with E-state index in [0.29, 0.717) is 13.0 Å². The molecule has 1 amide bonds. The van der Waals surface area contributed by atoms with Crippen LogP contribution in [0.5, 0.6) is 0 Å². The zero-order chi connectivity index (χ0) is 16.9. The number of benzene rings is 2. The van der Waals surface area contributed by atoms with Crippen LogP contribution in [0.2, 0.25) is 0 Å². The van der Waals surface area contributed by atoms with Crippen molar-refractivity contribution in [3.63, 3.8) is 0 Å². The zero-order valence-corrected chi connectivity index (χ0v) is 14.0. The first kappa shape index (κ1) is 16.0. The smallest absolute Gasteiger partial charge is 0.229 e. The number of hydrogen-bond acceptors (Lipinski definition) is 2. The zero-order valence-electron chi connectivity index (χ0n) is 14.0. The Balaban J connectivity index is 1.70. The van der Waals surface area contributed by atoms with Crippen molar-refractivity contribution in [3.8, 4) is 0 Å². The molecular formula is C20H21N3O. The van der Waals surface area contributed by atoms with E-state index in [1.54, 1.807) is 0 Å². The number of nitrogens with zero attached hydrogens (tertiary/aromatic N) is 2. The fourth-order valence-corrected chi connectivity index (χ4v) is 2.60. The molecule has 1 aromatic heterocycles. The van der Waals surface area contributed by atoms with E-state index in [0.717, 1.165) is 22.6 Å². The molecule has 0 atom stereocenters. The molecule has 2 aromatic carbocycles. The lowest BCUT2D eigenvalue weighted by atomic mass is 10.1. The third-order valence-electron chi connectivity index (χ3n) is 3.83. The Morgan fingerprint density at radius 3 is 2.42 bits per heavy atom. The average molecular weight is 319 g/mol. The summed E-state index contributed by atoms with van der Waals surface area (Å²) >= 11 is 0. The van der Waals surface area contributed by atoms with Gasteiger partial charge in [0.2, 0.25) is 5.91 Å². The van der Waals surface area contributed by atoms with Crippen LogP contribution in [0.4, 0.5) is 5.82 Å². The number of carbonyl (C=O) groups is 1. The van der Waals surface area contributed by atoms with Crippen LogP contribution in [0.25, 0.3) is 0 Å². The van der Waals surface area contributed by atoms with Crippen molar-refractivity contribution in [2.24, 2.45) is 0 Å². The monoisotopic (exact) mass is 319 g/mol. The molecule has 1 heterocycles. The highest BCUT2D eigenvalue weighted by Gasteiger charge is 2.10. The molecule has 122 valence electrons. The molecule has 0 aliphatic carbocycles. The maximum absolute atomic E-state index is 12.3. The van der Waals surface area contributed by atoms with E-state index in [9.17, 15) is 4.79 Å². The molecule has 0 aliphatic rings. The molecule has 4 nitrogen and oxygen atoms in total. The number of aryl methyl sites for hydroxylation is 2. The van der Waals surface area contributed by atoms with Gasteiger partial charge in [0.15, 0.2) is 0 Å². The largest absolute Gasteiger partial charge is 0.311 e. The minimum atomic E-state index is -0.0342. The van der Waals surface area contributed by atoms with E-state index in [1.165, 1.54) is 5.56 Å². The lowest BCUT2D eigenvalue weighted by Gasteiger charge is -2.09. The van der Waals surface area contributed by atoms with Crippen LogP contribution in [0.3, 0.4) is 0 Å². The summed E-state index contributed by atoms with van der Waals surface area (Å²) < 4.78 is 1.83. The Kier molecular flexibility index (Phi) is 4.75. The molecule has 0 saturated heterocycles. The van der Waals surface area contributed by atoms with Gasteiger partial charge in [0.25, 0.3) is 0 Å². The van der Waals surface area contributed by atoms with Crippen molar-refractivity contribution in [1.29, 1.82) is 0 Å². The van der Waals surface area contributed by atoms with Crippen molar-refractivity contribution >= 4 is 11.7 Å². The van der Waals surface area contributed by atoms with Crippen LogP contribution >= 0.6 is 0 Å². The molecule has 0 radical (unpaired) electrons. The van der Waals surface area contributed by atoms with Crippen molar-refractivity contribution in [2.75, 3.05) is 5.32 Å². The molecule has 0 unspecified atom stereocenters. The molecule has 3 aromatic rings. The van der Waals surface area contributed by atoms with Crippen LogP contribution in [0.1, 0.15) is 22.4 Å². The SMILES string of the molecule is Cc1ccc(CC(=O)Nc2cc(C)nn2Cc2ccccc2)cc1. The van der Waals surface area contributed by atoms with E-state index in [-0.39, 0.29) is 5.91 Å². The second kappa shape index (κ2) is 7.13. The molecule has 0 fully saturated rings. The van der Waals surface area contributed by atoms with Crippen LogP contribution < -0.4 is 5.32 Å². The topological polar surface area (TPSA) is 46.9 Å². The highest BCUT2D eigenvalue weighted by molar-refractivity contribution is 5.91. The summed E-state index contributed by atoms with van der Waals surface area (Å²) in [4.78, 5) is 12.3. The van der Waals surface area contributed by atoms with Gasteiger partial charge in [-0.15, -0.1) is 0 Å². The first-order valence-corrected chi connectivity index (χ1v) is 8.04. The van der Waals surface area contributed by atoms with Crippen LogP contribution in [-0.4, -0.2) is 15.7 Å². The third kappa shape index (κ3) is 4.10. The standard InChI is InChI=1S/C20H21N3O/c1-15-8-10-17(11-9-15)13-20(24)21-19-12-16(2)22-23(19)14-18-6-4-3-5-7-18/h3-12H,13-14H2,1-2H3,(H,21,24). The fraction of sp³-hybridized carbons (Fsp3) is 0.200. The summed E-state index contributed by atoms with van der Waals surface area (Å²) in [5.41, 5.74) is 4.23. The average Bonchev–Trinajstić information content (AvgIpc) is 2.89. The molecule has 1 N–H and O–H groups in total. The molecule has 3 rings (SSSR count). The first-order chi connectivity index (χ1) is 11.6. The number of hydrogen-bond donors (Lipinski definition) is 1. The number of rotatable bonds is 5. The highest BCUT2D eigenvalue weighted by Crippen LogP contribution is 2.14. The summed E-state index contributed by atoms with van der Waals surface area (Å²) in [7, 11) is 0. The van der Waals surface area contributed by atoms with Crippen LogP contribution in [-0.2, 0) is 17.8 Å². The van der Waals surface area contributed by atoms with Crippen molar-refractivity contribution in [3.05, 3.63) is 83.0 Å². The van der Waals surface area contributed by atoms with Gasteiger partial charge in [-0.05, 0) is 25.0 Å². The van der Waals surface area contributed by atoms with Gasteiger partial charge in [0, 0.05) is 6.07 Å². The van der Waals surface area contributed by atoms with Gasteiger partial charge in [-0.1, -0.05) is 60.2 Å². The van der Waals surface area contributed by atoms with E-state index in [1.807, 2.05) is 67.1 Å². The Labute approximate surface area is 142 Å². The summed E-state index contributed by atoms with van der Waals surface area (Å²) in [5, 5.41) is 7.46. The summed E-state index contributed by atoms with van der Waals surface area (Å²) in [6.07, 6.45) is 0.357. The highest BCUT2D eigenvalue weighted by atomic mass is 16.1. The lowest BCUT2D eigenvalue weighted by Crippen LogP contribution is -2.18. The van der Waals surface area contributed by atoms with Gasteiger partial charge in [0.1, 0.15) is 5.82 Å². The second-order valence-electron chi connectivity index (χ2n) is 6.02. The number of amides is 1. The number of anilines is 1. The van der Waals surface area contributed by atoms with E-state index in [2.05, 4.69) is 22.5 Å². The molecular weight excluding hydrogens is 298 g/mol. The van der Waals surface area contributed by atoms with Crippen molar-refractivity contribution in [2.45, 2.75) is 26.8 Å². The summed E-state index contributed by atoms with van der Waals surface area (Å²) in [6, 6.07) is 20.0. The first-order valence-electron chi connectivity index (χ1n) is 8.04. The summed E-state index contributed by atoms with van der Waals surface area (Å²) in [5.74, 6) is 0.696. The molecule has 0 saturated carbocycles. The van der Waals surface area contributed by atoms with Gasteiger partial charge < -0.3 is 5.32 Å². The van der Waals surface area contributed by atoms with Gasteiger partial charge in [-0.25, -0.2) is 4.68 Å². The van der Waals surface area contributed by atoms with Crippen LogP contribution in [0.15, 0.2) is 60.7 Å². The number of nitrogens with one attached hydrogen (secondary N) is 1. The predicted molar refractivity (Wildman–Crippen MR) is 96.0 cm³/mol. The number of aromatic nitrogens is 2. The van der Waals surface area contributed by atoms with Gasteiger partial charge in [-0.2, -0.15) is 5.10 Å². The van der Waals surface area contributed by atoms with Crippen molar-refractivity contribution < 1.29 is 4.79 Å². The van der Waals surface area contributed by atoms with E-state index < -0.39 is 0 Å². The molecule has 0 spiro atoms. The molecule has 24 heavy (non-hydrogen) atoms. The van der Waals surface area contributed by atoms with Crippen LogP contribution in [0, 0.1) is 13.8 Å². The normalized spacial score (nSPS) is 10.6. The lowest BCUT2D eigenvalue weighted by molar-refractivity contribution is -0.115. The minimum Gasteiger partial charge on any atom is -0.311 e. The quantitative estimate of drug-likeness (QED) is 0.779. The fourth-order valence-electron chi connectivity index (χ4n) is 2.60.